The molecule has 26 heteroatoms. The molecule has 4 aromatic carbocycles. The average Bonchev–Trinajstić information content (AvgIpc) is 1.69. The van der Waals surface area contributed by atoms with Crippen molar-refractivity contribution in [3.05, 3.63) is 166 Å². The largest absolute Gasteiger partial charge is 0.467 e. The Kier molecular flexibility index (Phi) is 32.2. The molecule has 26 nitrogen and oxygen atoms in total. The molecule has 7 aromatic rings. The summed E-state index contributed by atoms with van der Waals surface area (Å²) in [6.07, 6.45) is 19.1. The molecule has 0 radical (unpaired) electrons. The molecule has 5 heterocycles. The average molecular weight is 1500 g/mol. The molecule has 0 saturated heterocycles. The second-order valence-corrected chi connectivity index (χ2v) is 27.4. The summed E-state index contributed by atoms with van der Waals surface area (Å²) in [5.74, 6) is -3.54. The van der Waals surface area contributed by atoms with Crippen molar-refractivity contribution in [2.24, 2.45) is 34.4 Å². The summed E-state index contributed by atoms with van der Waals surface area (Å²) in [6, 6.07) is 32.5. The fraction of sp³-hybridized carbons (Fsp3) is 0.381. The first kappa shape index (κ1) is 83.0. The Labute approximate surface area is 641 Å². The Bertz CT molecular complexity index is 4250. The Morgan fingerprint density at radius 3 is 0.800 bits per heavy atom. The van der Waals surface area contributed by atoms with E-state index in [9.17, 15) is 38.4 Å². The van der Waals surface area contributed by atoms with Crippen molar-refractivity contribution in [2.75, 3.05) is 66.6 Å². The summed E-state index contributed by atoms with van der Waals surface area (Å²) < 4.78 is 10.1. The van der Waals surface area contributed by atoms with E-state index in [1.807, 2.05) is 97.1 Å². The number of methoxy groups -OCH3 is 2. The zero-order valence-corrected chi connectivity index (χ0v) is 63.0. The maximum absolute atomic E-state index is 14.3. The van der Waals surface area contributed by atoms with Gasteiger partial charge in [-0.05, 0) is 261 Å². The summed E-state index contributed by atoms with van der Waals surface area (Å²) in [6.45, 7) is 3.76. The molecule has 110 heavy (non-hydrogen) atoms. The van der Waals surface area contributed by atoms with Crippen molar-refractivity contribution >= 4 is 93.8 Å². The number of carbonyl (C=O) groups is 8. The molecule has 9 rings (SSSR count). The zero-order valence-electron chi connectivity index (χ0n) is 63.0. The Hall–Kier alpha value is -11.0. The number of amides is 6. The number of hydrogen-bond donors (Lipinski definition) is 14. The topological polar surface area (TPSA) is 441 Å². The monoisotopic (exact) mass is 1500 g/mol. The van der Waals surface area contributed by atoms with E-state index in [0.717, 1.165) is 38.5 Å². The zero-order chi connectivity index (χ0) is 78.3. The molecule has 20 N–H and O–H groups in total. The molecule has 6 amide bonds. The molecule has 582 valence electrons. The van der Waals surface area contributed by atoms with Crippen molar-refractivity contribution in [1.82, 2.24) is 51.8 Å². The number of ether oxygens (including phenoxy) is 2. The molecule has 2 aliphatic heterocycles. The fourth-order valence-electron chi connectivity index (χ4n) is 13.4. The van der Waals surface area contributed by atoms with Gasteiger partial charge in [-0.25, -0.2) is 19.6 Å². The van der Waals surface area contributed by atoms with Gasteiger partial charge in [-0.15, -0.1) is 0 Å². The molecular weight excluding hydrogens is 1390 g/mol. The van der Waals surface area contributed by atoms with Crippen molar-refractivity contribution < 1.29 is 47.8 Å². The van der Waals surface area contributed by atoms with Crippen molar-refractivity contribution in [2.45, 2.75) is 140 Å². The highest BCUT2D eigenvalue weighted by molar-refractivity contribution is 6.04. The summed E-state index contributed by atoms with van der Waals surface area (Å²) in [5.41, 5.74) is 45.7. The van der Waals surface area contributed by atoms with Crippen LogP contribution >= 0.6 is 0 Å². The van der Waals surface area contributed by atoms with Gasteiger partial charge >= 0.3 is 11.9 Å². The molecule has 4 atom stereocenters. The third-order valence-electron chi connectivity index (χ3n) is 19.5. The van der Waals surface area contributed by atoms with E-state index >= 15 is 0 Å². The van der Waals surface area contributed by atoms with E-state index in [4.69, 9.17) is 53.8 Å². The Morgan fingerprint density at radius 1 is 0.318 bits per heavy atom. The fourth-order valence-corrected chi connectivity index (χ4v) is 13.4. The lowest BCUT2D eigenvalue weighted by atomic mass is 10.0. The Morgan fingerprint density at radius 2 is 0.555 bits per heavy atom. The van der Waals surface area contributed by atoms with Crippen LogP contribution in [0.3, 0.4) is 0 Å². The van der Waals surface area contributed by atoms with Gasteiger partial charge in [0.2, 0.25) is 11.8 Å². The predicted molar refractivity (Wildman–Crippen MR) is 433 cm³/mol. The minimum absolute atomic E-state index is 0.279. The van der Waals surface area contributed by atoms with Gasteiger partial charge in [-0.1, -0.05) is 61.4 Å². The van der Waals surface area contributed by atoms with Gasteiger partial charge in [0.1, 0.15) is 24.2 Å². The molecule has 0 unspecified atom stereocenters. The normalized spacial score (nSPS) is 12.7. The van der Waals surface area contributed by atoms with E-state index in [1.54, 1.807) is 48.5 Å². The molecule has 0 aliphatic carbocycles. The highest BCUT2D eigenvalue weighted by Gasteiger charge is 2.28. The van der Waals surface area contributed by atoms with Gasteiger partial charge in [0.15, 0.2) is 0 Å². The first-order chi connectivity index (χ1) is 53.5. The van der Waals surface area contributed by atoms with Gasteiger partial charge in [0.05, 0.1) is 37.0 Å². The van der Waals surface area contributed by atoms with Gasteiger partial charge < -0.3 is 85.7 Å². The van der Waals surface area contributed by atoms with Crippen LogP contribution in [0.1, 0.15) is 180 Å². The number of unbranched alkanes of at least 4 members (excludes halogenated alkanes) is 8. The lowest BCUT2D eigenvalue weighted by molar-refractivity contribution is -0.143. The van der Waals surface area contributed by atoms with Gasteiger partial charge in [-0.3, -0.25) is 28.8 Å². The third-order valence-corrected chi connectivity index (χ3v) is 19.5. The van der Waals surface area contributed by atoms with E-state index in [-0.39, 0.29) is 22.9 Å². The van der Waals surface area contributed by atoms with Gasteiger partial charge in [0, 0.05) is 79.7 Å². The van der Waals surface area contributed by atoms with E-state index in [0.29, 0.717) is 230 Å². The van der Waals surface area contributed by atoms with E-state index < -0.39 is 59.7 Å². The van der Waals surface area contributed by atoms with Crippen LogP contribution in [0.15, 0.2) is 121 Å². The summed E-state index contributed by atoms with van der Waals surface area (Å²) >= 11 is 0. The van der Waals surface area contributed by atoms with Crippen LogP contribution < -0.4 is 66.3 Å². The van der Waals surface area contributed by atoms with Crippen LogP contribution in [0.4, 0.5) is 0 Å². The summed E-state index contributed by atoms with van der Waals surface area (Å²) in [7, 11) is 2.55. The summed E-state index contributed by atoms with van der Waals surface area (Å²) in [4.78, 5) is 128. The smallest absolute Gasteiger partial charge is 0.328 e. The number of fused-ring (bicyclic) bond motifs is 8. The molecule has 0 saturated carbocycles. The number of H-pyrrole nitrogens is 2. The van der Waals surface area contributed by atoms with Gasteiger partial charge in [0.25, 0.3) is 23.6 Å². The van der Waals surface area contributed by atoms with Gasteiger partial charge in [-0.2, -0.15) is 0 Å². The number of nitrogens with two attached hydrogens (primary N) is 6. The van der Waals surface area contributed by atoms with Crippen molar-refractivity contribution in [1.29, 1.82) is 0 Å². The molecule has 3 aromatic heterocycles. The highest BCUT2D eigenvalue weighted by Crippen LogP contribution is 2.39. The summed E-state index contributed by atoms with van der Waals surface area (Å²) in [5, 5.41) is 17.7. The lowest BCUT2D eigenvalue weighted by Gasteiger charge is -2.19. The minimum Gasteiger partial charge on any atom is -0.467 e. The number of benzene rings is 4. The molecule has 8 bridgehead atoms. The van der Waals surface area contributed by atoms with Crippen LogP contribution in [-0.2, 0) is 28.7 Å². The Balaban J connectivity index is 1.23. The third kappa shape index (κ3) is 22.6. The highest BCUT2D eigenvalue weighted by atomic mass is 16.5. The predicted octanol–water partition coefficient (Wildman–Crippen LogP) is 9.07. The molecule has 2 aliphatic rings. The lowest BCUT2D eigenvalue weighted by Crippen LogP contribution is -2.47. The quantitative estimate of drug-likeness (QED) is 0.0125. The number of aromatic nitrogens is 4. The maximum Gasteiger partial charge on any atom is 0.328 e. The molecule has 0 fully saturated rings. The number of rotatable bonds is 42. The number of nitrogens with one attached hydrogen (secondary N) is 8. The maximum atomic E-state index is 14.3. The first-order valence-corrected chi connectivity index (χ1v) is 38.3. The number of esters is 2. The van der Waals surface area contributed by atoms with Crippen molar-refractivity contribution in [3.8, 4) is 44.5 Å². The molecular formula is C84H106N16O10. The van der Waals surface area contributed by atoms with Crippen LogP contribution in [0, 0.1) is 0 Å². The van der Waals surface area contributed by atoms with Crippen LogP contribution in [0.5, 0.6) is 0 Å². The van der Waals surface area contributed by atoms with Crippen LogP contribution in [0.2, 0.25) is 0 Å². The van der Waals surface area contributed by atoms with Crippen LogP contribution in [-0.4, -0.2) is 158 Å². The van der Waals surface area contributed by atoms with E-state index in [1.165, 1.54) is 14.2 Å². The van der Waals surface area contributed by atoms with Crippen LogP contribution in [0.25, 0.3) is 90.9 Å². The number of carbonyl (C=O) groups excluding carboxylic acids is 8. The SMILES string of the molecule is COC(=O)[C@H](CCCCN)NC(=O)c1ccc(-c2c3nc(c(-c4ccc(C(=O)N[C@@H](CCCCN)C(=O)NCCCCCN)cc4)c4ccc([nH]4)c(-c4ccc(C(=O)N[C@@H](CCCCN)C(=O)NCCCCCN)cc4)c4nc(c(-c5ccc(C(=O)N[C@@H](CCCCN)C(=O)OC)cc5)c5ccc2[nH]5)C=C4)C=C3)cc1. The number of aromatic amines is 2. The minimum atomic E-state index is -0.900. The number of hydrogen-bond acceptors (Lipinski definition) is 18. The second-order valence-electron chi connectivity index (χ2n) is 27.4. The van der Waals surface area contributed by atoms with Crippen molar-refractivity contribution in [3.63, 3.8) is 0 Å². The molecule has 0 spiro atoms. The number of nitrogens with zero attached hydrogens (tertiary/aromatic N) is 2. The second kappa shape index (κ2) is 42.7. The first-order valence-electron chi connectivity index (χ1n) is 38.3. The van der Waals surface area contributed by atoms with E-state index in [2.05, 4.69) is 41.9 Å². The standard InChI is InChI=1S/C84H106N16O10/c1-109-83(107)71(19-7-13-49-89)99-79(103)59-33-25-55(26-34-59)75-65-41-39-63(94-65)73(53-21-29-57(30-22-53)77(101)97-69(17-5-11-47-87)81(105)91-51-15-3-9-45-85)61-37-38-62(93-61)74(54-23-31-58(32-24-54)78(102)98-70(18-6-12-48-88)82(106)92-52-16-4-10-46-86)64-40-42-66(95-64)76(68-44-43-67(75)96-68)56-27-35-60(36-28-56)80(104)100-72(84(108)110-2)20-8-14-50-90/h21-44,69-72,93,96H,3-20,45-52,85-90H2,1-2H3,(H,91,105)(H,92,106)(H,97,101)(H,98,102)(H,99,103)(H,100,104)/t69-,70-,71-,72-/m0/s1.